The van der Waals surface area contributed by atoms with Gasteiger partial charge in [0, 0.05) is 10.9 Å². The molecular weight excluding hydrogens is 308 g/mol. The number of hydrogen-bond donors (Lipinski definition) is 3. The predicted octanol–water partition coefficient (Wildman–Crippen LogP) is 3.64. The van der Waals surface area contributed by atoms with E-state index in [9.17, 15) is 4.21 Å². The second-order valence-corrected chi connectivity index (χ2v) is 9.65. The highest BCUT2D eigenvalue weighted by atomic mass is 32.3. The van der Waals surface area contributed by atoms with Crippen LogP contribution in [0.5, 0.6) is 0 Å². The van der Waals surface area contributed by atoms with Crippen LogP contribution in [0.4, 0.5) is 5.69 Å². The van der Waals surface area contributed by atoms with Crippen molar-refractivity contribution in [3.8, 4) is 0 Å². The number of aryl methyl sites for hydroxylation is 1. The van der Waals surface area contributed by atoms with Crippen LogP contribution in [0.2, 0.25) is 0 Å². The second-order valence-electron chi connectivity index (χ2n) is 5.48. The summed E-state index contributed by atoms with van der Waals surface area (Å²) in [5.74, 6) is 0. The fraction of sp³-hybridized carbons (Fsp3) is 0.571. The van der Waals surface area contributed by atoms with Gasteiger partial charge in [0.15, 0.2) is 0 Å². The van der Waals surface area contributed by atoms with Crippen molar-refractivity contribution in [2.45, 2.75) is 53.5 Å². The molecule has 2 atom stereocenters. The van der Waals surface area contributed by atoms with Crippen LogP contribution < -0.4 is 10.0 Å². The summed E-state index contributed by atoms with van der Waals surface area (Å²) in [6.45, 7) is 2.06. The van der Waals surface area contributed by atoms with Crippen LogP contribution >= 0.6 is 24.4 Å². The van der Waals surface area contributed by atoms with Gasteiger partial charge < -0.3 is 5.32 Å². The molecule has 1 aliphatic carbocycles. The van der Waals surface area contributed by atoms with Gasteiger partial charge in [0.05, 0.1) is 5.69 Å². The molecule has 2 aliphatic rings. The number of nitrogens with one attached hydrogen (secondary N) is 2. The van der Waals surface area contributed by atoms with Crippen molar-refractivity contribution in [1.29, 1.82) is 0 Å². The van der Waals surface area contributed by atoms with Gasteiger partial charge in [-0.3, -0.25) is 0 Å². The lowest BCUT2D eigenvalue weighted by Gasteiger charge is -2.28. The summed E-state index contributed by atoms with van der Waals surface area (Å²) in [6.07, 6.45) is 6.00. The van der Waals surface area contributed by atoms with Gasteiger partial charge in [-0.2, -0.15) is 0 Å². The van der Waals surface area contributed by atoms with E-state index in [4.69, 9.17) is 0 Å². The topological polar surface area (TPSA) is 41.1 Å². The lowest BCUT2D eigenvalue weighted by atomic mass is 9.96. The first-order valence-corrected chi connectivity index (χ1v) is 9.47. The average Bonchev–Trinajstić information content (AvgIpc) is 2.80. The van der Waals surface area contributed by atoms with Gasteiger partial charge in [0.1, 0.15) is 11.0 Å². The summed E-state index contributed by atoms with van der Waals surface area (Å²) in [5, 5.41) is 3.33. The number of para-hydroxylation sites is 1. The van der Waals surface area contributed by atoms with E-state index in [1.54, 1.807) is 0 Å². The maximum absolute atomic E-state index is 12.7. The Balaban J connectivity index is 1.71. The number of anilines is 1. The minimum Gasteiger partial charge on any atom is -0.350 e. The normalized spacial score (nSPS) is 27.9. The van der Waals surface area contributed by atoms with Crippen molar-refractivity contribution in [1.82, 2.24) is 4.72 Å². The Morgan fingerprint density at radius 1 is 1.40 bits per heavy atom. The molecule has 2 N–H and O–H groups in total. The zero-order valence-corrected chi connectivity index (χ0v) is 14.0. The summed E-state index contributed by atoms with van der Waals surface area (Å²) in [5.41, 5.74) is 2.23. The van der Waals surface area contributed by atoms with Gasteiger partial charge in [0.25, 0.3) is 0 Å². The number of benzene rings is 1. The molecule has 1 aromatic carbocycles. The van der Waals surface area contributed by atoms with E-state index in [1.807, 2.05) is 6.07 Å². The van der Waals surface area contributed by atoms with E-state index in [-0.39, 0.29) is 0 Å². The molecule has 1 aromatic rings. The predicted molar refractivity (Wildman–Crippen MR) is 90.5 cm³/mol. The van der Waals surface area contributed by atoms with Crippen molar-refractivity contribution < 1.29 is 4.21 Å². The zero-order valence-electron chi connectivity index (χ0n) is 11.5. The largest absolute Gasteiger partial charge is 0.350 e. The molecule has 0 bridgehead atoms. The average molecular weight is 329 g/mol. The molecule has 3 nitrogen and oxygen atoms in total. The third-order valence-electron chi connectivity index (χ3n) is 3.90. The molecule has 3 rings (SSSR count). The van der Waals surface area contributed by atoms with Crippen molar-refractivity contribution in [2.24, 2.45) is 0 Å². The van der Waals surface area contributed by atoms with Crippen LogP contribution in [0.1, 0.15) is 37.7 Å². The van der Waals surface area contributed by atoms with E-state index in [0.29, 0.717) is 6.04 Å². The Morgan fingerprint density at radius 2 is 2.15 bits per heavy atom. The van der Waals surface area contributed by atoms with Gasteiger partial charge in [-0.1, -0.05) is 43.2 Å². The second kappa shape index (κ2) is 5.91. The Bertz CT molecular complexity index is 531. The van der Waals surface area contributed by atoms with Gasteiger partial charge in [-0.25, -0.2) is 8.93 Å². The first-order valence-electron chi connectivity index (χ1n) is 7.06. The van der Waals surface area contributed by atoms with Crippen LogP contribution in [0.25, 0.3) is 0 Å². The fourth-order valence-electron chi connectivity index (χ4n) is 2.75. The van der Waals surface area contributed by atoms with E-state index in [1.165, 1.54) is 36.6 Å². The number of fused-ring (bicyclic) bond motifs is 1. The van der Waals surface area contributed by atoms with Gasteiger partial charge in [-0.05, 0) is 31.4 Å². The van der Waals surface area contributed by atoms with Crippen LogP contribution in [0.15, 0.2) is 23.1 Å². The van der Waals surface area contributed by atoms with Crippen LogP contribution in [-0.4, -0.2) is 13.8 Å². The van der Waals surface area contributed by atoms with Crippen LogP contribution in [0, 0.1) is 6.92 Å². The smallest absolute Gasteiger partial charge is 0.224 e. The maximum atomic E-state index is 12.7. The Labute approximate surface area is 132 Å². The molecule has 0 spiro atoms. The molecule has 1 saturated carbocycles. The highest BCUT2D eigenvalue weighted by Crippen LogP contribution is 2.50. The summed E-state index contributed by atoms with van der Waals surface area (Å²) in [7, 11) is -1.23. The highest BCUT2D eigenvalue weighted by molar-refractivity contribution is 8.24. The third kappa shape index (κ3) is 2.89. The molecule has 1 fully saturated rings. The summed E-state index contributed by atoms with van der Waals surface area (Å²) in [4.78, 5) is 1.12. The van der Waals surface area contributed by atoms with Gasteiger partial charge >= 0.3 is 0 Å². The zero-order chi connectivity index (χ0) is 14.2. The van der Waals surface area contributed by atoms with E-state index < -0.39 is 14.5 Å². The molecule has 2 unspecified atom stereocenters. The molecule has 110 valence electrons. The molecule has 0 amide bonds. The van der Waals surface area contributed by atoms with Gasteiger partial charge in [0.2, 0.25) is 3.54 Å². The minimum absolute atomic E-state index is 0.362. The molecule has 0 aromatic heterocycles. The standard InChI is InChI=1S/C14H20N2OS3/c1-10-6-5-9-12-13(10)15-14(18,19-12)20(17)16-11-7-3-2-4-8-11/h5-6,9,11,15-16,18H,2-4,7-8H2,1H3. The first kappa shape index (κ1) is 14.8. The summed E-state index contributed by atoms with van der Waals surface area (Å²) < 4.78 is 15.2. The quantitative estimate of drug-likeness (QED) is 0.742. The van der Waals surface area contributed by atoms with Gasteiger partial charge in [-0.15, -0.1) is 12.6 Å². The van der Waals surface area contributed by atoms with E-state index >= 15 is 0 Å². The third-order valence-corrected chi connectivity index (χ3v) is 7.57. The number of hydrogen-bond acceptors (Lipinski definition) is 4. The molecule has 0 radical (unpaired) electrons. The van der Waals surface area contributed by atoms with Crippen LogP contribution in [0.3, 0.4) is 0 Å². The van der Waals surface area contributed by atoms with Crippen LogP contribution in [-0.2, 0) is 11.0 Å². The molecule has 1 aliphatic heterocycles. The molecule has 1 heterocycles. The van der Waals surface area contributed by atoms with E-state index in [0.717, 1.165) is 23.4 Å². The Morgan fingerprint density at radius 3 is 2.85 bits per heavy atom. The Kier molecular flexibility index (Phi) is 4.36. The van der Waals surface area contributed by atoms with Crippen molar-refractivity contribution in [3.63, 3.8) is 0 Å². The number of thioether (sulfide) groups is 1. The summed E-state index contributed by atoms with van der Waals surface area (Å²) in [6, 6.07) is 6.50. The van der Waals surface area contributed by atoms with Crippen molar-refractivity contribution >= 4 is 41.1 Å². The highest BCUT2D eigenvalue weighted by Gasteiger charge is 2.41. The summed E-state index contributed by atoms with van der Waals surface area (Å²) >= 11 is 6.20. The maximum Gasteiger partial charge on any atom is 0.224 e. The molecular formula is C14H20N2OS3. The van der Waals surface area contributed by atoms with E-state index in [2.05, 4.69) is 41.7 Å². The van der Waals surface area contributed by atoms with Crippen molar-refractivity contribution in [3.05, 3.63) is 23.8 Å². The lowest BCUT2D eigenvalue weighted by Crippen LogP contribution is -2.43. The SMILES string of the molecule is Cc1cccc2c1NC(S)(S(=O)NC1CCCCC1)S2. The molecule has 0 saturated heterocycles. The first-order chi connectivity index (χ1) is 9.58. The molecule has 6 heteroatoms. The monoisotopic (exact) mass is 328 g/mol. The van der Waals surface area contributed by atoms with Crippen molar-refractivity contribution in [2.75, 3.05) is 5.32 Å². The lowest BCUT2D eigenvalue weighted by molar-refractivity contribution is 0.419. The Hall–Kier alpha value is -0.170. The number of rotatable bonds is 3. The fourth-order valence-corrected chi connectivity index (χ4v) is 5.84. The molecule has 20 heavy (non-hydrogen) atoms. The minimum atomic E-state index is -1.23. The number of thiol groups is 1.